The molecule has 1 aromatic heterocycles. The number of nitrogens with zero attached hydrogens (tertiary/aromatic N) is 3. The molecule has 1 aliphatic rings. The first-order valence-electron chi connectivity index (χ1n) is 11.4. The summed E-state index contributed by atoms with van der Waals surface area (Å²) in [5.41, 5.74) is 1.92. The van der Waals surface area contributed by atoms with Crippen LogP contribution in [0, 0.1) is 0 Å². The van der Waals surface area contributed by atoms with E-state index < -0.39 is 17.9 Å². The van der Waals surface area contributed by atoms with Gasteiger partial charge in [0.25, 0.3) is 5.91 Å². The zero-order valence-electron chi connectivity index (χ0n) is 19.5. The van der Waals surface area contributed by atoms with Gasteiger partial charge in [0.15, 0.2) is 5.69 Å². The van der Waals surface area contributed by atoms with E-state index in [4.69, 9.17) is 14.2 Å². The Morgan fingerprint density at radius 1 is 1.06 bits per heavy atom. The van der Waals surface area contributed by atoms with Crippen molar-refractivity contribution in [3.8, 4) is 5.75 Å². The van der Waals surface area contributed by atoms with Crippen LogP contribution in [0.4, 0.5) is 0 Å². The second kappa shape index (κ2) is 11.1. The average Bonchev–Trinajstić information content (AvgIpc) is 3.27. The average molecular weight is 467 g/mol. The molecule has 9 nitrogen and oxygen atoms in total. The van der Waals surface area contributed by atoms with Gasteiger partial charge in [0.1, 0.15) is 17.3 Å². The van der Waals surface area contributed by atoms with Crippen molar-refractivity contribution in [1.82, 2.24) is 20.0 Å². The molecule has 2 aromatic carbocycles. The molecule has 0 aliphatic carbocycles. The number of benzene rings is 2. The Balaban J connectivity index is 1.60. The third kappa shape index (κ3) is 5.37. The molecule has 0 unspecified atom stereocenters. The molecular formula is C25H30N4O5. The first kappa shape index (κ1) is 23.7. The van der Waals surface area contributed by atoms with Gasteiger partial charge >= 0.3 is 5.97 Å². The van der Waals surface area contributed by atoms with Crippen molar-refractivity contribution in [1.29, 1.82) is 0 Å². The fourth-order valence-corrected chi connectivity index (χ4v) is 4.17. The van der Waals surface area contributed by atoms with Gasteiger partial charge in [-0.3, -0.25) is 14.4 Å². The molecule has 0 spiro atoms. The Labute approximate surface area is 198 Å². The fourth-order valence-electron chi connectivity index (χ4n) is 4.17. The predicted molar refractivity (Wildman–Crippen MR) is 127 cm³/mol. The van der Waals surface area contributed by atoms with Gasteiger partial charge in [-0.1, -0.05) is 42.5 Å². The number of para-hydroxylation sites is 1. The lowest BCUT2D eigenvalue weighted by Gasteiger charge is -2.26. The molecular weight excluding hydrogens is 436 g/mol. The van der Waals surface area contributed by atoms with E-state index >= 15 is 0 Å². The monoisotopic (exact) mass is 466 g/mol. The maximum Gasteiger partial charge on any atom is 0.328 e. The van der Waals surface area contributed by atoms with Gasteiger partial charge in [0, 0.05) is 31.4 Å². The first-order valence-corrected chi connectivity index (χ1v) is 11.4. The van der Waals surface area contributed by atoms with Crippen LogP contribution in [0.2, 0.25) is 0 Å². The van der Waals surface area contributed by atoms with Gasteiger partial charge in [0.2, 0.25) is 0 Å². The van der Waals surface area contributed by atoms with Crippen LogP contribution < -0.4 is 10.1 Å². The molecule has 4 rings (SSSR count). The van der Waals surface area contributed by atoms with Gasteiger partial charge < -0.3 is 19.5 Å². The number of esters is 1. The summed E-state index contributed by atoms with van der Waals surface area (Å²) in [7, 11) is 2.91. The summed E-state index contributed by atoms with van der Waals surface area (Å²) in [4.78, 5) is 28.1. The number of aromatic nitrogens is 2. The van der Waals surface area contributed by atoms with E-state index in [1.54, 1.807) is 7.11 Å². The quantitative estimate of drug-likeness (QED) is 0.481. The molecule has 34 heavy (non-hydrogen) atoms. The van der Waals surface area contributed by atoms with Crippen LogP contribution in [-0.2, 0) is 27.2 Å². The minimum absolute atomic E-state index is 0.248. The molecule has 1 saturated heterocycles. The Morgan fingerprint density at radius 3 is 2.53 bits per heavy atom. The van der Waals surface area contributed by atoms with E-state index in [-0.39, 0.29) is 5.69 Å². The zero-order valence-corrected chi connectivity index (χ0v) is 19.5. The number of ether oxygens (including phenoxy) is 3. The summed E-state index contributed by atoms with van der Waals surface area (Å²) in [6, 6.07) is 14.2. The van der Waals surface area contributed by atoms with Crippen LogP contribution in [0.3, 0.4) is 0 Å². The molecule has 2 heterocycles. The van der Waals surface area contributed by atoms with Crippen molar-refractivity contribution >= 4 is 22.8 Å². The van der Waals surface area contributed by atoms with Crippen LogP contribution in [-0.4, -0.2) is 79.7 Å². The molecule has 1 aliphatic heterocycles. The number of hydrogen-bond donors (Lipinski definition) is 1. The first-order chi connectivity index (χ1) is 16.6. The maximum atomic E-state index is 13.3. The number of amides is 1. The Bertz CT molecular complexity index is 1130. The highest BCUT2D eigenvalue weighted by atomic mass is 16.5. The molecule has 1 N–H and O–H groups in total. The van der Waals surface area contributed by atoms with E-state index in [2.05, 4.69) is 15.3 Å². The molecule has 1 amide bonds. The standard InChI is InChI=1S/C25H30N4O5/c1-32-21-10-6-9-19-22(27-29(23(19)21)12-11-28-13-15-34-16-14-28)24(30)26-20(25(31)33-2)17-18-7-4-3-5-8-18/h3-10,20H,11-17H2,1-2H3,(H,26,30)/t20-/m0/s1. The van der Waals surface area contributed by atoms with Gasteiger partial charge in [-0.05, 0) is 11.6 Å². The number of hydrogen-bond acceptors (Lipinski definition) is 7. The summed E-state index contributed by atoms with van der Waals surface area (Å²) in [5.74, 6) is -0.305. The van der Waals surface area contributed by atoms with Crippen molar-refractivity contribution in [3.63, 3.8) is 0 Å². The SMILES string of the molecule is COC(=O)[C@H](Cc1ccccc1)NC(=O)c1nn(CCN2CCOCC2)c2c(OC)cccc12. The van der Waals surface area contributed by atoms with Crippen LogP contribution in [0.15, 0.2) is 48.5 Å². The van der Waals surface area contributed by atoms with Gasteiger partial charge in [-0.2, -0.15) is 5.10 Å². The highest BCUT2D eigenvalue weighted by Crippen LogP contribution is 2.28. The molecule has 1 fully saturated rings. The van der Waals surface area contributed by atoms with E-state index in [0.717, 1.165) is 30.7 Å². The number of nitrogens with one attached hydrogen (secondary N) is 1. The Morgan fingerprint density at radius 2 is 1.82 bits per heavy atom. The van der Waals surface area contributed by atoms with Crippen LogP contribution in [0.25, 0.3) is 10.9 Å². The molecule has 9 heteroatoms. The molecule has 1 atom stereocenters. The highest BCUT2D eigenvalue weighted by molar-refractivity contribution is 6.07. The lowest BCUT2D eigenvalue weighted by molar-refractivity contribution is -0.142. The summed E-state index contributed by atoms with van der Waals surface area (Å²) in [6.45, 7) is 4.53. The summed E-state index contributed by atoms with van der Waals surface area (Å²) in [5, 5.41) is 8.13. The summed E-state index contributed by atoms with van der Waals surface area (Å²) < 4.78 is 17.7. The van der Waals surface area contributed by atoms with E-state index in [1.165, 1.54) is 7.11 Å². The second-order valence-corrected chi connectivity index (χ2v) is 8.12. The number of carbonyl (C=O) groups is 2. The van der Waals surface area contributed by atoms with Gasteiger partial charge in [-0.25, -0.2) is 4.79 Å². The third-order valence-corrected chi connectivity index (χ3v) is 5.97. The molecule has 180 valence electrons. The minimum Gasteiger partial charge on any atom is -0.494 e. The molecule has 0 bridgehead atoms. The van der Waals surface area contributed by atoms with Crippen molar-refractivity contribution < 1.29 is 23.8 Å². The van der Waals surface area contributed by atoms with Gasteiger partial charge in [-0.15, -0.1) is 0 Å². The van der Waals surface area contributed by atoms with Crippen molar-refractivity contribution in [2.45, 2.75) is 19.0 Å². The smallest absolute Gasteiger partial charge is 0.328 e. The molecule has 0 saturated carbocycles. The highest BCUT2D eigenvalue weighted by Gasteiger charge is 2.26. The zero-order chi connectivity index (χ0) is 23.9. The van der Waals surface area contributed by atoms with Crippen molar-refractivity contribution in [3.05, 3.63) is 59.8 Å². The van der Waals surface area contributed by atoms with E-state index in [9.17, 15) is 9.59 Å². The summed E-state index contributed by atoms with van der Waals surface area (Å²) >= 11 is 0. The van der Waals surface area contributed by atoms with E-state index in [0.29, 0.717) is 37.3 Å². The number of carbonyl (C=O) groups excluding carboxylic acids is 2. The summed E-state index contributed by atoms with van der Waals surface area (Å²) in [6.07, 6.45) is 0.318. The molecule has 3 aromatic rings. The largest absolute Gasteiger partial charge is 0.494 e. The third-order valence-electron chi connectivity index (χ3n) is 5.97. The topological polar surface area (TPSA) is 94.9 Å². The fraction of sp³-hybridized carbons (Fsp3) is 0.400. The molecule has 0 radical (unpaired) electrons. The lowest BCUT2D eigenvalue weighted by atomic mass is 10.1. The Kier molecular flexibility index (Phi) is 7.76. The normalized spacial score (nSPS) is 15.1. The number of fused-ring (bicyclic) bond motifs is 1. The Hall–Kier alpha value is -3.43. The number of rotatable bonds is 9. The minimum atomic E-state index is -0.834. The number of morpholine rings is 1. The van der Waals surface area contributed by atoms with Crippen molar-refractivity contribution in [2.75, 3.05) is 47.1 Å². The second-order valence-electron chi connectivity index (χ2n) is 8.12. The predicted octanol–water partition coefficient (Wildman–Crippen LogP) is 1.89. The van der Waals surface area contributed by atoms with Crippen LogP contribution >= 0.6 is 0 Å². The maximum absolute atomic E-state index is 13.3. The van der Waals surface area contributed by atoms with E-state index in [1.807, 2.05) is 53.2 Å². The van der Waals surface area contributed by atoms with Crippen molar-refractivity contribution in [2.24, 2.45) is 0 Å². The van der Waals surface area contributed by atoms with Crippen LogP contribution in [0.5, 0.6) is 5.75 Å². The number of methoxy groups -OCH3 is 2. The van der Waals surface area contributed by atoms with Gasteiger partial charge in [0.05, 0.1) is 34.0 Å². The van der Waals surface area contributed by atoms with Crippen LogP contribution in [0.1, 0.15) is 16.1 Å². The lowest BCUT2D eigenvalue weighted by Crippen LogP contribution is -2.43.